The highest BCUT2D eigenvalue weighted by atomic mass is 19.1. The van der Waals surface area contributed by atoms with Crippen molar-refractivity contribution in [3.8, 4) is 11.8 Å². The van der Waals surface area contributed by atoms with Gasteiger partial charge >= 0.3 is 0 Å². The summed E-state index contributed by atoms with van der Waals surface area (Å²) in [5.41, 5.74) is 2.12. The van der Waals surface area contributed by atoms with Gasteiger partial charge in [-0.25, -0.2) is 4.39 Å². The van der Waals surface area contributed by atoms with Crippen molar-refractivity contribution >= 4 is 0 Å². The molecule has 0 aliphatic carbocycles. The second-order valence-electron chi connectivity index (χ2n) is 5.98. The van der Waals surface area contributed by atoms with Crippen LogP contribution in [0, 0.1) is 17.1 Å². The number of hydrogen-bond donors (Lipinski definition) is 0. The Morgan fingerprint density at radius 3 is 2.33 bits per heavy atom. The summed E-state index contributed by atoms with van der Waals surface area (Å²) < 4.78 is 19.2. The fourth-order valence-electron chi connectivity index (χ4n) is 1.97. The third-order valence-corrected chi connectivity index (χ3v) is 3.29. The average Bonchev–Trinajstić information content (AvgIpc) is 2.46. The topological polar surface area (TPSA) is 33.0 Å². The van der Waals surface area contributed by atoms with Crippen LogP contribution in [0.4, 0.5) is 4.39 Å². The minimum Gasteiger partial charge on any atom is -0.489 e. The van der Waals surface area contributed by atoms with Crippen molar-refractivity contribution in [3.05, 3.63) is 65.0 Å². The molecule has 0 atom stereocenters. The Bertz CT molecular complexity index is 663. The summed E-state index contributed by atoms with van der Waals surface area (Å²) in [6.45, 7) is 6.54. The van der Waals surface area contributed by atoms with Crippen LogP contribution in [0.2, 0.25) is 0 Å². The molecule has 2 aromatic carbocycles. The monoisotopic (exact) mass is 283 g/mol. The molecule has 0 unspecified atom stereocenters. The third-order valence-electron chi connectivity index (χ3n) is 3.29. The predicted octanol–water partition coefficient (Wildman–Crippen LogP) is 4.57. The molecule has 0 aromatic heterocycles. The molecule has 0 heterocycles. The van der Waals surface area contributed by atoms with Crippen molar-refractivity contribution in [2.75, 3.05) is 0 Å². The van der Waals surface area contributed by atoms with E-state index in [2.05, 4.69) is 20.8 Å². The summed E-state index contributed by atoms with van der Waals surface area (Å²) in [7, 11) is 0. The largest absolute Gasteiger partial charge is 0.489 e. The van der Waals surface area contributed by atoms with Crippen LogP contribution in [0.3, 0.4) is 0 Å². The minimum absolute atomic E-state index is 0.0891. The van der Waals surface area contributed by atoms with Gasteiger partial charge < -0.3 is 4.74 Å². The van der Waals surface area contributed by atoms with Gasteiger partial charge in [0.25, 0.3) is 0 Å². The Hall–Kier alpha value is -2.34. The molecule has 0 N–H and O–H groups in total. The van der Waals surface area contributed by atoms with Crippen molar-refractivity contribution in [1.29, 1.82) is 5.26 Å². The number of nitriles is 1. The first kappa shape index (κ1) is 15.1. The highest BCUT2D eigenvalue weighted by Gasteiger charge is 2.13. The van der Waals surface area contributed by atoms with Gasteiger partial charge in [-0.1, -0.05) is 32.9 Å². The van der Waals surface area contributed by atoms with Crippen LogP contribution in [0.25, 0.3) is 0 Å². The van der Waals surface area contributed by atoms with Gasteiger partial charge in [-0.2, -0.15) is 5.26 Å². The Balaban J connectivity index is 2.08. The van der Waals surface area contributed by atoms with Crippen LogP contribution in [0.15, 0.2) is 42.5 Å². The van der Waals surface area contributed by atoms with E-state index in [4.69, 9.17) is 10.00 Å². The molecule has 2 rings (SSSR count). The van der Waals surface area contributed by atoms with E-state index in [1.165, 1.54) is 23.8 Å². The number of halogens is 1. The minimum atomic E-state index is -0.361. The molecule has 21 heavy (non-hydrogen) atoms. The zero-order valence-corrected chi connectivity index (χ0v) is 12.5. The zero-order valence-electron chi connectivity index (χ0n) is 12.5. The molecule has 3 heteroatoms. The van der Waals surface area contributed by atoms with Gasteiger partial charge in [0.15, 0.2) is 0 Å². The Labute approximate surface area is 124 Å². The lowest BCUT2D eigenvalue weighted by atomic mass is 9.87. The maximum absolute atomic E-state index is 13.6. The normalized spacial score (nSPS) is 11.0. The number of hydrogen-bond acceptors (Lipinski definition) is 2. The van der Waals surface area contributed by atoms with Crippen LogP contribution >= 0.6 is 0 Å². The number of benzene rings is 2. The average molecular weight is 283 g/mol. The van der Waals surface area contributed by atoms with E-state index in [0.29, 0.717) is 16.9 Å². The molecule has 0 spiro atoms. The molecule has 0 saturated heterocycles. The highest BCUT2D eigenvalue weighted by Crippen LogP contribution is 2.24. The number of nitrogens with zero attached hydrogens (tertiary/aromatic N) is 1. The summed E-state index contributed by atoms with van der Waals surface area (Å²) in [5.74, 6) is 0.324. The molecule has 0 saturated carbocycles. The maximum Gasteiger partial charge on any atom is 0.129 e. The third kappa shape index (κ3) is 3.82. The van der Waals surface area contributed by atoms with E-state index in [0.717, 1.165) is 0 Å². The van der Waals surface area contributed by atoms with E-state index in [1.54, 1.807) is 0 Å². The van der Waals surface area contributed by atoms with Crippen molar-refractivity contribution in [3.63, 3.8) is 0 Å². The predicted molar refractivity (Wildman–Crippen MR) is 80.6 cm³/mol. The van der Waals surface area contributed by atoms with Gasteiger partial charge in [-0.05, 0) is 41.3 Å². The van der Waals surface area contributed by atoms with Gasteiger partial charge in [-0.15, -0.1) is 0 Å². The Morgan fingerprint density at radius 1 is 1.10 bits per heavy atom. The molecule has 0 radical (unpaired) electrons. The van der Waals surface area contributed by atoms with Gasteiger partial charge in [-0.3, -0.25) is 0 Å². The molecule has 2 nitrogen and oxygen atoms in total. The van der Waals surface area contributed by atoms with Crippen molar-refractivity contribution < 1.29 is 9.13 Å². The Kier molecular flexibility index (Phi) is 4.28. The quantitative estimate of drug-likeness (QED) is 0.826. The molecule has 108 valence electrons. The molecule has 0 aliphatic rings. The summed E-state index contributed by atoms with van der Waals surface area (Å²) in [5, 5.41) is 8.83. The zero-order chi connectivity index (χ0) is 15.5. The maximum atomic E-state index is 13.6. The fourth-order valence-corrected chi connectivity index (χ4v) is 1.97. The fraction of sp³-hybridized carbons (Fsp3) is 0.278. The van der Waals surface area contributed by atoms with Crippen LogP contribution in [-0.2, 0) is 12.0 Å². The smallest absolute Gasteiger partial charge is 0.129 e. The lowest BCUT2D eigenvalue weighted by molar-refractivity contribution is 0.299. The van der Waals surface area contributed by atoms with E-state index < -0.39 is 0 Å². The molecule has 0 fully saturated rings. The van der Waals surface area contributed by atoms with Crippen molar-refractivity contribution in [1.82, 2.24) is 0 Å². The Morgan fingerprint density at radius 2 is 1.76 bits per heavy atom. The standard InChI is InChI=1S/C18H18FNO/c1-18(2,3)15-5-7-16(8-6-15)21-12-14-10-13(11-20)4-9-17(14)19/h4-10H,12H2,1-3H3. The summed E-state index contributed by atoms with van der Waals surface area (Å²) in [6, 6.07) is 14.0. The lowest BCUT2D eigenvalue weighted by Crippen LogP contribution is -2.10. The van der Waals surface area contributed by atoms with Crippen LogP contribution < -0.4 is 4.74 Å². The summed E-state index contributed by atoms with van der Waals surface area (Å²) >= 11 is 0. The molecular formula is C18H18FNO. The van der Waals surface area contributed by atoms with Crippen molar-refractivity contribution in [2.24, 2.45) is 0 Å². The first-order valence-corrected chi connectivity index (χ1v) is 6.82. The van der Waals surface area contributed by atoms with Crippen molar-refractivity contribution in [2.45, 2.75) is 32.8 Å². The second-order valence-corrected chi connectivity index (χ2v) is 5.98. The van der Waals surface area contributed by atoms with E-state index in [-0.39, 0.29) is 17.8 Å². The molecular weight excluding hydrogens is 265 g/mol. The van der Waals surface area contributed by atoms with E-state index in [1.807, 2.05) is 30.3 Å². The SMILES string of the molecule is CC(C)(C)c1ccc(OCc2cc(C#N)ccc2F)cc1. The van der Waals surface area contributed by atoms with E-state index >= 15 is 0 Å². The molecule has 0 bridgehead atoms. The molecule has 0 aliphatic heterocycles. The van der Waals surface area contributed by atoms with Crippen LogP contribution in [0.1, 0.15) is 37.5 Å². The number of rotatable bonds is 3. The van der Waals surface area contributed by atoms with Crippen LogP contribution in [0.5, 0.6) is 5.75 Å². The second kappa shape index (κ2) is 5.97. The van der Waals surface area contributed by atoms with Gasteiger partial charge in [0.1, 0.15) is 18.2 Å². The highest BCUT2D eigenvalue weighted by molar-refractivity contribution is 5.34. The van der Waals surface area contributed by atoms with E-state index in [9.17, 15) is 4.39 Å². The first-order valence-electron chi connectivity index (χ1n) is 6.82. The van der Waals surface area contributed by atoms with Gasteiger partial charge in [0.05, 0.1) is 11.6 Å². The van der Waals surface area contributed by atoms with Gasteiger partial charge in [0.2, 0.25) is 0 Å². The summed E-state index contributed by atoms with van der Waals surface area (Å²) in [4.78, 5) is 0. The lowest BCUT2D eigenvalue weighted by Gasteiger charge is -2.19. The summed E-state index contributed by atoms with van der Waals surface area (Å²) in [6.07, 6.45) is 0. The first-order chi connectivity index (χ1) is 9.90. The van der Waals surface area contributed by atoms with Crippen LogP contribution in [-0.4, -0.2) is 0 Å². The number of ether oxygens (including phenoxy) is 1. The molecule has 0 amide bonds. The van der Waals surface area contributed by atoms with Gasteiger partial charge in [0, 0.05) is 5.56 Å². The molecule has 2 aromatic rings.